The van der Waals surface area contributed by atoms with Gasteiger partial charge in [0.1, 0.15) is 17.3 Å². The number of hydrogen-bond donors (Lipinski definition) is 3. The highest BCUT2D eigenvalue weighted by molar-refractivity contribution is 5.96. The lowest BCUT2D eigenvalue weighted by atomic mass is 10.1. The van der Waals surface area contributed by atoms with Gasteiger partial charge in [0.15, 0.2) is 0 Å². The first kappa shape index (κ1) is 13.2. The predicted octanol–water partition coefficient (Wildman–Crippen LogP) is 1.02. The number of H-pyrrole nitrogens is 1. The van der Waals surface area contributed by atoms with E-state index in [0.29, 0.717) is 18.2 Å². The molecule has 2 aliphatic rings. The van der Waals surface area contributed by atoms with Gasteiger partial charge in [-0.2, -0.15) is 5.10 Å². The molecule has 7 heteroatoms. The summed E-state index contributed by atoms with van der Waals surface area (Å²) in [6.45, 7) is 1.41. The Bertz CT molecular complexity index is 692. The minimum atomic E-state index is -0.0802. The number of amides is 1. The number of anilines is 1. The Kier molecular flexibility index (Phi) is 3.25. The Balaban J connectivity index is 1.57. The second-order valence-corrected chi connectivity index (χ2v) is 5.82. The summed E-state index contributed by atoms with van der Waals surface area (Å²) in [6.07, 6.45) is 7.59. The van der Waals surface area contributed by atoms with Crippen molar-refractivity contribution in [2.75, 3.05) is 18.4 Å². The Labute approximate surface area is 127 Å². The SMILES string of the molecule is O=C1NCCc2c(NCCc3cn[nH]c3)nc(C3CC3)nc21. The lowest BCUT2D eigenvalue weighted by Gasteiger charge is -2.20. The summed E-state index contributed by atoms with van der Waals surface area (Å²) in [5, 5.41) is 13.0. The van der Waals surface area contributed by atoms with E-state index in [1.807, 2.05) is 12.4 Å². The number of aromatic nitrogens is 4. The van der Waals surface area contributed by atoms with Crippen LogP contribution in [0.5, 0.6) is 0 Å². The molecule has 2 aromatic heterocycles. The monoisotopic (exact) mass is 298 g/mol. The Hall–Kier alpha value is -2.44. The summed E-state index contributed by atoms with van der Waals surface area (Å²) in [6, 6.07) is 0. The van der Waals surface area contributed by atoms with Crippen LogP contribution in [0.2, 0.25) is 0 Å². The van der Waals surface area contributed by atoms with Crippen LogP contribution in [-0.2, 0) is 12.8 Å². The minimum Gasteiger partial charge on any atom is -0.369 e. The summed E-state index contributed by atoms with van der Waals surface area (Å²) < 4.78 is 0. The quantitative estimate of drug-likeness (QED) is 0.766. The van der Waals surface area contributed by atoms with Crippen molar-refractivity contribution in [2.24, 2.45) is 0 Å². The van der Waals surface area contributed by atoms with Gasteiger partial charge in [-0.05, 0) is 31.2 Å². The molecule has 0 spiro atoms. The van der Waals surface area contributed by atoms with Gasteiger partial charge >= 0.3 is 0 Å². The maximum Gasteiger partial charge on any atom is 0.270 e. The number of hydrogen-bond acceptors (Lipinski definition) is 5. The molecule has 1 aliphatic heterocycles. The van der Waals surface area contributed by atoms with E-state index in [1.165, 1.54) is 0 Å². The average Bonchev–Trinajstić information content (AvgIpc) is 3.25. The highest BCUT2D eigenvalue weighted by Crippen LogP contribution is 2.39. The van der Waals surface area contributed by atoms with E-state index >= 15 is 0 Å². The van der Waals surface area contributed by atoms with E-state index in [0.717, 1.165) is 55.0 Å². The Morgan fingerprint density at radius 3 is 3.00 bits per heavy atom. The maximum atomic E-state index is 12.1. The van der Waals surface area contributed by atoms with Crippen LogP contribution in [-0.4, -0.2) is 39.2 Å². The molecule has 4 rings (SSSR count). The van der Waals surface area contributed by atoms with Gasteiger partial charge in [0.05, 0.1) is 6.20 Å². The van der Waals surface area contributed by atoms with Crippen molar-refractivity contribution < 1.29 is 4.79 Å². The number of carbonyl (C=O) groups excluding carboxylic acids is 1. The molecule has 0 aromatic carbocycles. The molecular formula is C15H18N6O. The van der Waals surface area contributed by atoms with Crippen molar-refractivity contribution in [1.29, 1.82) is 0 Å². The number of nitrogens with one attached hydrogen (secondary N) is 3. The van der Waals surface area contributed by atoms with E-state index in [4.69, 9.17) is 0 Å². The number of nitrogens with zero attached hydrogens (tertiary/aromatic N) is 3. The van der Waals surface area contributed by atoms with Crippen molar-refractivity contribution in [2.45, 2.75) is 31.6 Å². The van der Waals surface area contributed by atoms with Crippen LogP contribution in [0, 0.1) is 0 Å². The first-order chi connectivity index (χ1) is 10.8. The third kappa shape index (κ3) is 2.54. The summed E-state index contributed by atoms with van der Waals surface area (Å²) in [4.78, 5) is 21.2. The number of fused-ring (bicyclic) bond motifs is 1. The molecule has 1 fully saturated rings. The van der Waals surface area contributed by atoms with Gasteiger partial charge in [-0.15, -0.1) is 0 Å². The molecule has 1 aliphatic carbocycles. The summed E-state index contributed by atoms with van der Waals surface area (Å²) >= 11 is 0. The topological polar surface area (TPSA) is 95.6 Å². The van der Waals surface area contributed by atoms with Crippen molar-refractivity contribution in [1.82, 2.24) is 25.5 Å². The van der Waals surface area contributed by atoms with Gasteiger partial charge < -0.3 is 10.6 Å². The molecule has 7 nitrogen and oxygen atoms in total. The highest BCUT2D eigenvalue weighted by Gasteiger charge is 2.31. The first-order valence-corrected chi connectivity index (χ1v) is 7.72. The molecule has 3 heterocycles. The fourth-order valence-corrected chi connectivity index (χ4v) is 2.72. The smallest absolute Gasteiger partial charge is 0.270 e. The molecule has 0 bridgehead atoms. The third-order valence-corrected chi connectivity index (χ3v) is 4.10. The number of aromatic amines is 1. The van der Waals surface area contributed by atoms with Crippen LogP contribution < -0.4 is 10.6 Å². The van der Waals surface area contributed by atoms with Crippen molar-refractivity contribution in [3.63, 3.8) is 0 Å². The van der Waals surface area contributed by atoms with E-state index in [9.17, 15) is 4.79 Å². The second-order valence-electron chi connectivity index (χ2n) is 5.82. The highest BCUT2D eigenvalue weighted by atomic mass is 16.1. The largest absolute Gasteiger partial charge is 0.369 e. The molecule has 0 saturated heterocycles. The molecular weight excluding hydrogens is 280 g/mol. The normalized spacial score (nSPS) is 17.0. The Morgan fingerprint density at radius 1 is 1.32 bits per heavy atom. The van der Waals surface area contributed by atoms with Gasteiger partial charge in [-0.25, -0.2) is 9.97 Å². The van der Waals surface area contributed by atoms with E-state index in [2.05, 4.69) is 30.8 Å². The summed E-state index contributed by atoms with van der Waals surface area (Å²) in [5.74, 6) is 1.98. The van der Waals surface area contributed by atoms with Gasteiger partial charge in [-0.3, -0.25) is 9.89 Å². The van der Waals surface area contributed by atoms with E-state index < -0.39 is 0 Å². The zero-order valence-corrected chi connectivity index (χ0v) is 12.2. The summed E-state index contributed by atoms with van der Waals surface area (Å²) in [5.41, 5.74) is 2.64. The zero-order valence-electron chi connectivity index (χ0n) is 12.2. The van der Waals surface area contributed by atoms with Gasteiger partial charge in [0.2, 0.25) is 0 Å². The molecule has 2 aromatic rings. The van der Waals surface area contributed by atoms with Crippen LogP contribution in [0.4, 0.5) is 5.82 Å². The molecule has 0 atom stereocenters. The molecule has 1 saturated carbocycles. The molecule has 0 unspecified atom stereocenters. The Morgan fingerprint density at radius 2 is 2.23 bits per heavy atom. The van der Waals surface area contributed by atoms with Gasteiger partial charge in [-0.1, -0.05) is 0 Å². The molecule has 22 heavy (non-hydrogen) atoms. The fraction of sp³-hybridized carbons (Fsp3) is 0.467. The molecule has 0 radical (unpaired) electrons. The van der Waals surface area contributed by atoms with Crippen LogP contribution >= 0.6 is 0 Å². The predicted molar refractivity (Wildman–Crippen MR) is 80.8 cm³/mol. The lowest BCUT2D eigenvalue weighted by Crippen LogP contribution is -2.34. The molecule has 3 N–H and O–H groups in total. The van der Waals surface area contributed by atoms with Crippen LogP contribution in [0.3, 0.4) is 0 Å². The first-order valence-electron chi connectivity index (χ1n) is 7.72. The molecule has 1 amide bonds. The van der Waals surface area contributed by atoms with Crippen LogP contribution in [0.1, 0.15) is 46.2 Å². The number of rotatable bonds is 5. The standard InChI is InChI=1S/C15H18N6O/c22-15-12-11(4-6-17-15)14(21-13(20-12)10-1-2-10)16-5-3-9-7-18-19-8-9/h7-8,10H,1-6H2,(H,17,22)(H,18,19)(H,16,20,21). The second kappa shape index (κ2) is 5.40. The third-order valence-electron chi connectivity index (χ3n) is 4.10. The molecule has 114 valence electrons. The van der Waals surface area contributed by atoms with E-state index in [1.54, 1.807) is 0 Å². The van der Waals surface area contributed by atoms with Gasteiger partial charge in [0.25, 0.3) is 5.91 Å². The maximum absolute atomic E-state index is 12.1. The zero-order chi connectivity index (χ0) is 14.9. The van der Waals surface area contributed by atoms with Crippen molar-refractivity contribution in [3.05, 3.63) is 35.0 Å². The number of carbonyl (C=O) groups is 1. The van der Waals surface area contributed by atoms with Crippen molar-refractivity contribution in [3.8, 4) is 0 Å². The van der Waals surface area contributed by atoms with E-state index in [-0.39, 0.29) is 5.91 Å². The average molecular weight is 298 g/mol. The van der Waals surface area contributed by atoms with Crippen LogP contribution in [0.15, 0.2) is 12.4 Å². The van der Waals surface area contributed by atoms with Crippen LogP contribution in [0.25, 0.3) is 0 Å². The van der Waals surface area contributed by atoms with Crippen molar-refractivity contribution >= 4 is 11.7 Å². The minimum absolute atomic E-state index is 0.0802. The fourth-order valence-electron chi connectivity index (χ4n) is 2.72. The summed E-state index contributed by atoms with van der Waals surface area (Å²) in [7, 11) is 0. The van der Waals surface area contributed by atoms with Gasteiger partial charge in [0, 0.05) is 30.8 Å². The lowest BCUT2D eigenvalue weighted by molar-refractivity contribution is 0.0940.